The van der Waals surface area contributed by atoms with E-state index in [9.17, 15) is 20.1 Å². The minimum absolute atomic E-state index is 0.307. The quantitative estimate of drug-likeness (QED) is 0.473. The van der Waals surface area contributed by atoms with E-state index >= 15 is 0 Å². The molecule has 8 heteroatoms. The number of aliphatic hydroxyl groups is 4. The Labute approximate surface area is 142 Å². The molecule has 25 heavy (non-hydrogen) atoms. The molecule has 8 nitrogen and oxygen atoms in total. The number of hydrogen-bond donors (Lipinski definition) is 5. The van der Waals surface area contributed by atoms with Crippen molar-refractivity contribution in [1.82, 2.24) is 0 Å². The molecular weight excluding hydrogens is 330 g/mol. The van der Waals surface area contributed by atoms with Gasteiger partial charge in [0.1, 0.15) is 29.9 Å². The fourth-order valence-corrected chi connectivity index (χ4v) is 2.89. The lowest BCUT2D eigenvalue weighted by Crippen LogP contribution is -2.61. The highest BCUT2D eigenvalue weighted by Crippen LogP contribution is 2.26. The highest BCUT2D eigenvalue weighted by molar-refractivity contribution is 5.88. The van der Waals surface area contributed by atoms with Crippen LogP contribution in [0.15, 0.2) is 40.1 Å². The Bertz CT molecular complexity index is 833. The number of ether oxygens (including phenoxy) is 1. The molecule has 1 aromatic carbocycles. The molecule has 0 radical (unpaired) electrons. The van der Waals surface area contributed by atoms with Crippen molar-refractivity contribution in [3.8, 4) is 0 Å². The zero-order valence-electron chi connectivity index (χ0n) is 13.2. The summed E-state index contributed by atoms with van der Waals surface area (Å²) >= 11 is 0. The van der Waals surface area contributed by atoms with Crippen LogP contribution in [0.1, 0.15) is 5.56 Å². The van der Waals surface area contributed by atoms with Crippen LogP contribution in [0.3, 0.4) is 0 Å². The maximum atomic E-state index is 11.6. The van der Waals surface area contributed by atoms with Gasteiger partial charge in [0.05, 0.1) is 6.61 Å². The van der Waals surface area contributed by atoms with Crippen molar-refractivity contribution in [3.63, 3.8) is 0 Å². The summed E-state index contributed by atoms with van der Waals surface area (Å²) < 4.78 is 10.3. The summed E-state index contributed by atoms with van der Waals surface area (Å²) in [5, 5.41) is 42.7. The molecule has 1 fully saturated rings. The molecular formula is C17H19NO7. The van der Waals surface area contributed by atoms with Crippen LogP contribution in [0, 0.1) is 0 Å². The molecule has 0 bridgehead atoms. The van der Waals surface area contributed by atoms with Crippen LogP contribution in [0.4, 0.5) is 5.69 Å². The Morgan fingerprint density at radius 1 is 1.20 bits per heavy atom. The first kappa shape index (κ1) is 17.6. The minimum atomic E-state index is -1.45. The van der Waals surface area contributed by atoms with E-state index in [2.05, 4.69) is 11.9 Å². The molecule has 2 aromatic rings. The molecule has 1 saturated heterocycles. The highest BCUT2D eigenvalue weighted by Gasteiger charge is 2.43. The Morgan fingerprint density at radius 2 is 1.96 bits per heavy atom. The summed E-state index contributed by atoms with van der Waals surface area (Å²) in [6.45, 7) is 3.12. The van der Waals surface area contributed by atoms with Gasteiger partial charge in [-0.3, -0.25) is 0 Å². The molecule has 2 heterocycles. The lowest BCUT2D eigenvalue weighted by Gasteiger charge is -2.40. The molecule has 5 atom stereocenters. The summed E-state index contributed by atoms with van der Waals surface area (Å²) in [6, 6.07) is 5.19. The van der Waals surface area contributed by atoms with Gasteiger partial charge < -0.3 is 34.9 Å². The van der Waals surface area contributed by atoms with E-state index in [1.54, 1.807) is 18.2 Å². The number of benzene rings is 1. The third kappa shape index (κ3) is 3.30. The SMILES string of the molecule is C=Cc1cc(=O)oc2cc(NC3C(O)OC(CO)[C@H](O)C3O)ccc12. The fraction of sp³-hybridized carbons (Fsp3) is 0.353. The van der Waals surface area contributed by atoms with Gasteiger partial charge in [-0.1, -0.05) is 12.7 Å². The van der Waals surface area contributed by atoms with Gasteiger partial charge in [-0.25, -0.2) is 4.79 Å². The van der Waals surface area contributed by atoms with Gasteiger partial charge in [0, 0.05) is 23.2 Å². The maximum Gasteiger partial charge on any atom is 0.336 e. The Balaban J connectivity index is 1.90. The number of anilines is 1. The fourth-order valence-electron chi connectivity index (χ4n) is 2.89. The van der Waals surface area contributed by atoms with E-state index in [1.165, 1.54) is 12.1 Å². The molecule has 1 aliphatic heterocycles. The monoisotopic (exact) mass is 349 g/mol. The van der Waals surface area contributed by atoms with Gasteiger partial charge in [0.25, 0.3) is 0 Å². The number of aliphatic hydroxyl groups excluding tert-OH is 4. The van der Waals surface area contributed by atoms with Crippen molar-refractivity contribution in [2.45, 2.75) is 30.6 Å². The predicted octanol–water partition coefficient (Wildman–Crippen LogP) is -0.352. The first-order chi connectivity index (χ1) is 11.9. The molecule has 4 unspecified atom stereocenters. The summed E-state index contributed by atoms with van der Waals surface area (Å²) in [4.78, 5) is 11.6. The van der Waals surface area contributed by atoms with E-state index in [0.29, 0.717) is 22.2 Å². The van der Waals surface area contributed by atoms with Crippen LogP contribution in [0.25, 0.3) is 17.0 Å². The summed E-state index contributed by atoms with van der Waals surface area (Å²) in [5.41, 5.74) is 0.849. The van der Waals surface area contributed by atoms with Crippen LogP contribution in [0.2, 0.25) is 0 Å². The van der Waals surface area contributed by atoms with Crippen molar-refractivity contribution in [2.24, 2.45) is 0 Å². The highest BCUT2D eigenvalue weighted by atomic mass is 16.6. The van der Waals surface area contributed by atoms with Crippen LogP contribution in [-0.2, 0) is 4.74 Å². The van der Waals surface area contributed by atoms with E-state index in [4.69, 9.17) is 14.3 Å². The summed E-state index contributed by atoms with van der Waals surface area (Å²) in [5.74, 6) is 0. The van der Waals surface area contributed by atoms with Crippen molar-refractivity contribution in [1.29, 1.82) is 0 Å². The van der Waals surface area contributed by atoms with Crippen molar-refractivity contribution in [3.05, 3.63) is 46.8 Å². The first-order valence-corrected chi connectivity index (χ1v) is 7.72. The van der Waals surface area contributed by atoms with Gasteiger partial charge in [0.15, 0.2) is 6.29 Å². The summed E-state index contributed by atoms with van der Waals surface area (Å²) in [6.07, 6.45) is -3.72. The number of fused-ring (bicyclic) bond motifs is 1. The second-order valence-corrected chi connectivity index (χ2v) is 5.83. The van der Waals surface area contributed by atoms with E-state index < -0.39 is 42.9 Å². The van der Waals surface area contributed by atoms with Crippen molar-refractivity contribution in [2.75, 3.05) is 11.9 Å². The Morgan fingerprint density at radius 3 is 2.64 bits per heavy atom. The van der Waals surface area contributed by atoms with E-state index in [0.717, 1.165) is 0 Å². The molecule has 0 spiro atoms. The van der Waals surface area contributed by atoms with Crippen LogP contribution in [0.5, 0.6) is 0 Å². The van der Waals surface area contributed by atoms with Crippen LogP contribution >= 0.6 is 0 Å². The molecule has 5 N–H and O–H groups in total. The minimum Gasteiger partial charge on any atom is -0.423 e. The average molecular weight is 349 g/mol. The van der Waals surface area contributed by atoms with Gasteiger partial charge >= 0.3 is 5.63 Å². The molecule has 0 amide bonds. The number of hydrogen-bond acceptors (Lipinski definition) is 8. The zero-order valence-corrected chi connectivity index (χ0v) is 13.2. The Kier molecular flexibility index (Phi) is 4.89. The van der Waals surface area contributed by atoms with Crippen molar-refractivity contribution < 1.29 is 29.6 Å². The smallest absolute Gasteiger partial charge is 0.336 e. The lowest BCUT2D eigenvalue weighted by atomic mass is 9.96. The zero-order chi connectivity index (χ0) is 18.1. The standard InChI is InChI=1S/C17H19NO7/c1-2-8-5-13(20)24-11-6-9(3-4-10(8)11)18-14-16(22)15(21)12(7-19)25-17(14)23/h2-6,12,14-19,21-23H,1,7H2/t12?,14?,15-,16?,17?/m0/s1. The maximum absolute atomic E-state index is 11.6. The Hall–Kier alpha value is -2.23. The third-order valence-corrected chi connectivity index (χ3v) is 4.23. The molecule has 3 rings (SSSR count). The summed E-state index contributed by atoms with van der Waals surface area (Å²) in [7, 11) is 0. The van der Waals surface area contributed by atoms with Crippen LogP contribution < -0.4 is 10.9 Å². The second-order valence-electron chi connectivity index (χ2n) is 5.83. The van der Waals surface area contributed by atoms with Gasteiger partial charge in [0.2, 0.25) is 0 Å². The number of rotatable bonds is 4. The molecule has 134 valence electrons. The first-order valence-electron chi connectivity index (χ1n) is 7.72. The third-order valence-electron chi connectivity index (χ3n) is 4.23. The van der Waals surface area contributed by atoms with Gasteiger partial charge in [-0.15, -0.1) is 0 Å². The van der Waals surface area contributed by atoms with E-state index in [-0.39, 0.29) is 0 Å². The largest absolute Gasteiger partial charge is 0.423 e. The molecule has 1 aromatic heterocycles. The molecule has 1 aliphatic rings. The lowest BCUT2D eigenvalue weighted by molar-refractivity contribution is -0.245. The van der Waals surface area contributed by atoms with Gasteiger partial charge in [-0.05, 0) is 17.7 Å². The molecule has 0 saturated carbocycles. The normalized spacial score (nSPS) is 29.5. The predicted molar refractivity (Wildman–Crippen MR) is 90.0 cm³/mol. The topological polar surface area (TPSA) is 132 Å². The van der Waals surface area contributed by atoms with Gasteiger partial charge in [-0.2, -0.15) is 0 Å². The van der Waals surface area contributed by atoms with E-state index in [1.807, 2.05) is 0 Å². The number of nitrogens with one attached hydrogen (secondary N) is 1. The molecule has 0 aliphatic carbocycles. The van der Waals surface area contributed by atoms with Crippen LogP contribution in [-0.4, -0.2) is 57.7 Å². The van der Waals surface area contributed by atoms with Crippen molar-refractivity contribution >= 4 is 22.7 Å². The second kappa shape index (κ2) is 6.95. The average Bonchev–Trinajstić information content (AvgIpc) is 2.60.